The highest BCUT2D eigenvalue weighted by Gasteiger charge is 2.23. The van der Waals surface area contributed by atoms with E-state index in [1.807, 2.05) is 29.6 Å². The van der Waals surface area contributed by atoms with Gasteiger partial charge in [0.25, 0.3) is 0 Å². The summed E-state index contributed by atoms with van der Waals surface area (Å²) in [5.41, 5.74) is 2.99. The van der Waals surface area contributed by atoms with Crippen LogP contribution in [0.5, 0.6) is 5.75 Å². The molecule has 2 aromatic carbocycles. The standard InChI is InChI=1S/C29H25ClN6O3S2/c1-36(2)15-25(38)34-27-23(13-31)26(18-5-9-22(10-6-18)39-12-11-37)24(14-32)29(35-27)41-17-21-16-40-28(33-21)19-3-7-20(30)8-4-19/h3-10,16,37H,11-12,15,17H2,1-2H3,(H,34,35,38). The molecule has 4 aromatic rings. The Bertz CT molecular complexity index is 1610. The maximum Gasteiger partial charge on any atom is 0.239 e. The number of nitriles is 2. The second-order valence-corrected chi connectivity index (χ2v) is 11.2. The molecular formula is C29H25ClN6O3S2. The van der Waals surface area contributed by atoms with Crippen LogP contribution in [0, 0.1) is 22.7 Å². The van der Waals surface area contributed by atoms with E-state index in [0.717, 1.165) is 16.3 Å². The van der Waals surface area contributed by atoms with Gasteiger partial charge in [-0.15, -0.1) is 11.3 Å². The number of nitrogens with zero attached hydrogens (tertiary/aromatic N) is 5. The molecule has 0 bridgehead atoms. The van der Waals surface area contributed by atoms with Gasteiger partial charge in [-0.25, -0.2) is 9.97 Å². The number of nitrogens with one attached hydrogen (secondary N) is 1. The predicted molar refractivity (Wildman–Crippen MR) is 161 cm³/mol. The van der Waals surface area contributed by atoms with Gasteiger partial charge in [0.05, 0.1) is 24.4 Å². The molecule has 0 radical (unpaired) electrons. The van der Waals surface area contributed by atoms with Crippen molar-refractivity contribution < 1.29 is 14.6 Å². The number of aromatic nitrogens is 2. The van der Waals surface area contributed by atoms with E-state index in [0.29, 0.717) is 32.7 Å². The molecule has 0 aliphatic rings. The molecule has 12 heteroatoms. The first-order chi connectivity index (χ1) is 19.8. The average Bonchev–Trinajstić information content (AvgIpc) is 3.44. The zero-order valence-corrected chi connectivity index (χ0v) is 24.6. The number of rotatable bonds is 11. The van der Waals surface area contributed by atoms with Crippen LogP contribution in [0.15, 0.2) is 58.9 Å². The van der Waals surface area contributed by atoms with E-state index in [4.69, 9.17) is 26.4 Å². The van der Waals surface area contributed by atoms with E-state index in [2.05, 4.69) is 22.4 Å². The minimum atomic E-state index is -0.342. The second kappa shape index (κ2) is 14.1. The van der Waals surface area contributed by atoms with Crippen molar-refractivity contribution in [1.29, 1.82) is 10.5 Å². The normalized spacial score (nSPS) is 10.7. The fraction of sp³-hybridized carbons (Fsp3) is 0.207. The molecule has 0 spiro atoms. The van der Waals surface area contributed by atoms with Gasteiger partial charge in [-0.2, -0.15) is 10.5 Å². The Kier molecular flexibility index (Phi) is 10.3. The van der Waals surface area contributed by atoms with Crippen LogP contribution < -0.4 is 10.1 Å². The van der Waals surface area contributed by atoms with Crippen LogP contribution in [0.4, 0.5) is 5.82 Å². The smallest absolute Gasteiger partial charge is 0.239 e. The van der Waals surface area contributed by atoms with E-state index < -0.39 is 0 Å². The van der Waals surface area contributed by atoms with Crippen LogP contribution in [0.25, 0.3) is 21.7 Å². The van der Waals surface area contributed by atoms with E-state index >= 15 is 0 Å². The Morgan fingerprint density at radius 2 is 1.76 bits per heavy atom. The van der Waals surface area contributed by atoms with E-state index in [-0.39, 0.29) is 42.6 Å². The fourth-order valence-electron chi connectivity index (χ4n) is 3.84. The maximum atomic E-state index is 12.7. The summed E-state index contributed by atoms with van der Waals surface area (Å²) in [7, 11) is 3.52. The molecule has 0 atom stereocenters. The molecule has 41 heavy (non-hydrogen) atoms. The number of pyridine rings is 1. The molecule has 0 aliphatic carbocycles. The van der Waals surface area contributed by atoms with Crippen molar-refractivity contribution in [3.05, 3.63) is 75.8 Å². The molecule has 2 N–H and O–H groups in total. The maximum absolute atomic E-state index is 12.7. The lowest BCUT2D eigenvalue weighted by molar-refractivity contribution is -0.116. The summed E-state index contributed by atoms with van der Waals surface area (Å²) in [6.45, 7) is 0.105. The van der Waals surface area contributed by atoms with Gasteiger partial charge in [0.1, 0.15) is 40.1 Å². The SMILES string of the molecule is CN(C)CC(=O)Nc1nc(SCc2csc(-c3ccc(Cl)cc3)n2)c(C#N)c(-c2ccc(OCCO)cc2)c1C#N. The number of amides is 1. The Morgan fingerprint density at radius 3 is 2.39 bits per heavy atom. The molecular weight excluding hydrogens is 580 g/mol. The predicted octanol–water partition coefficient (Wildman–Crippen LogP) is 5.43. The first-order valence-corrected chi connectivity index (χ1v) is 14.6. The summed E-state index contributed by atoms with van der Waals surface area (Å²) in [5, 5.41) is 35.9. The topological polar surface area (TPSA) is 135 Å². The summed E-state index contributed by atoms with van der Waals surface area (Å²) in [6.07, 6.45) is 0. The lowest BCUT2D eigenvalue weighted by Crippen LogP contribution is -2.28. The van der Waals surface area contributed by atoms with Gasteiger partial charge in [-0.3, -0.25) is 4.79 Å². The number of aliphatic hydroxyl groups is 1. The number of benzene rings is 2. The third kappa shape index (κ3) is 7.61. The van der Waals surface area contributed by atoms with Gasteiger partial charge in [0, 0.05) is 27.3 Å². The summed E-state index contributed by atoms with van der Waals surface area (Å²) in [4.78, 5) is 23.7. The Hall–Kier alpha value is -3.97. The van der Waals surface area contributed by atoms with Crippen molar-refractivity contribution in [2.45, 2.75) is 10.8 Å². The summed E-state index contributed by atoms with van der Waals surface area (Å²) >= 11 is 8.81. The van der Waals surface area contributed by atoms with Crippen LogP contribution in [0.1, 0.15) is 16.8 Å². The molecule has 0 saturated heterocycles. The third-order valence-electron chi connectivity index (χ3n) is 5.61. The molecule has 0 fully saturated rings. The largest absolute Gasteiger partial charge is 0.491 e. The molecule has 208 valence electrons. The number of hydrogen-bond acceptors (Lipinski definition) is 10. The highest BCUT2D eigenvalue weighted by molar-refractivity contribution is 7.98. The number of anilines is 1. The molecule has 0 unspecified atom stereocenters. The molecule has 1 amide bonds. The van der Waals surface area contributed by atoms with Gasteiger partial charge in [-0.05, 0) is 43.9 Å². The number of hydrogen-bond donors (Lipinski definition) is 2. The number of ether oxygens (including phenoxy) is 1. The van der Waals surface area contributed by atoms with Crippen LogP contribution in [-0.4, -0.2) is 59.7 Å². The Balaban J connectivity index is 1.72. The van der Waals surface area contributed by atoms with Crippen molar-refractivity contribution in [1.82, 2.24) is 14.9 Å². The van der Waals surface area contributed by atoms with Gasteiger partial charge in [0.15, 0.2) is 5.82 Å². The molecule has 0 saturated carbocycles. The van der Waals surface area contributed by atoms with E-state index in [9.17, 15) is 15.3 Å². The zero-order chi connectivity index (χ0) is 29.4. The number of carbonyl (C=O) groups is 1. The number of thiazole rings is 1. The molecule has 2 aromatic heterocycles. The number of aliphatic hydroxyl groups excluding tert-OH is 1. The van der Waals surface area contributed by atoms with Crippen molar-refractivity contribution in [2.24, 2.45) is 0 Å². The molecule has 9 nitrogen and oxygen atoms in total. The van der Waals surface area contributed by atoms with E-state index in [1.54, 1.807) is 43.3 Å². The second-order valence-electron chi connectivity index (χ2n) is 8.94. The molecule has 2 heterocycles. The molecule has 4 rings (SSSR count). The monoisotopic (exact) mass is 604 g/mol. The van der Waals surface area contributed by atoms with Gasteiger partial charge in [-0.1, -0.05) is 47.6 Å². The summed E-state index contributed by atoms with van der Waals surface area (Å²) in [6, 6.07) is 18.6. The number of thioether (sulfide) groups is 1. The van der Waals surface area contributed by atoms with Gasteiger partial charge < -0.3 is 20.1 Å². The fourth-order valence-corrected chi connectivity index (χ4v) is 5.78. The quantitative estimate of drug-likeness (QED) is 0.215. The lowest BCUT2D eigenvalue weighted by Gasteiger charge is -2.16. The Labute approximate surface area is 251 Å². The van der Waals surface area contributed by atoms with Crippen LogP contribution in [0.2, 0.25) is 5.02 Å². The number of halogens is 1. The van der Waals surface area contributed by atoms with Crippen LogP contribution >= 0.6 is 34.7 Å². The minimum absolute atomic E-state index is 0.0802. The number of likely N-dealkylation sites (N-methyl/N-ethyl adjacent to an activating group) is 1. The third-order valence-corrected chi connectivity index (χ3v) is 7.81. The first kappa shape index (κ1) is 30.0. The summed E-state index contributed by atoms with van der Waals surface area (Å²) < 4.78 is 5.45. The average molecular weight is 605 g/mol. The molecule has 0 aliphatic heterocycles. The van der Waals surface area contributed by atoms with Crippen molar-refractivity contribution >= 4 is 46.4 Å². The Morgan fingerprint density at radius 1 is 1.07 bits per heavy atom. The van der Waals surface area contributed by atoms with Gasteiger partial charge in [0.2, 0.25) is 5.91 Å². The van der Waals surface area contributed by atoms with E-state index in [1.165, 1.54) is 23.1 Å². The highest BCUT2D eigenvalue weighted by Crippen LogP contribution is 2.38. The van der Waals surface area contributed by atoms with Gasteiger partial charge >= 0.3 is 0 Å². The van der Waals surface area contributed by atoms with Crippen LogP contribution in [0.3, 0.4) is 0 Å². The van der Waals surface area contributed by atoms with Crippen LogP contribution in [-0.2, 0) is 10.5 Å². The van der Waals surface area contributed by atoms with Crippen molar-refractivity contribution in [3.8, 4) is 39.6 Å². The lowest BCUT2D eigenvalue weighted by atomic mass is 9.96. The zero-order valence-electron chi connectivity index (χ0n) is 22.2. The first-order valence-electron chi connectivity index (χ1n) is 12.3. The van der Waals surface area contributed by atoms with Crippen molar-refractivity contribution in [3.63, 3.8) is 0 Å². The summed E-state index contributed by atoms with van der Waals surface area (Å²) in [5.74, 6) is 0.681. The minimum Gasteiger partial charge on any atom is -0.491 e. The van der Waals surface area contributed by atoms with Crippen molar-refractivity contribution in [2.75, 3.05) is 39.2 Å². The highest BCUT2D eigenvalue weighted by atomic mass is 35.5. The number of carbonyl (C=O) groups excluding carboxylic acids is 1.